The van der Waals surface area contributed by atoms with Gasteiger partial charge in [-0.3, -0.25) is 0 Å². The molecule has 1 aliphatic heterocycles. The van der Waals surface area contributed by atoms with Crippen LogP contribution in [0.1, 0.15) is 62.9 Å². The van der Waals surface area contributed by atoms with Crippen molar-refractivity contribution in [3.63, 3.8) is 0 Å². The molecule has 0 bridgehead atoms. The number of ether oxygens (including phenoxy) is 3. The molecule has 6 rings (SSSR count). The summed E-state index contributed by atoms with van der Waals surface area (Å²) in [5.74, 6) is -0.110. The molecular weight excluding hydrogens is 546 g/mol. The molecule has 1 aliphatic carbocycles. The second-order valence-corrected chi connectivity index (χ2v) is 12.3. The SMILES string of the molecule is Cc1cc2ncnn2cc1-c1c(Br)c2nc(C3CCC4(CC3)OCCO4)sc2n1C(=O)OC(C)(C)C. The average molecular weight is 575 g/mol. The van der Waals surface area contributed by atoms with Crippen LogP contribution >= 0.6 is 27.3 Å². The summed E-state index contributed by atoms with van der Waals surface area (Å²) in [6.45, 7) is 8.95. The molecule has 2 fully saturated rings. The maximum atomic E-state index is 13.6. The van der Waals surface area contributed by atoms with E-state index in [1.165, 1.54) is 6.33 Å². The lowest BCUT2D eigenvalue weighted by atomic mass is 9.85. The molecule has 190 valence electrons. The maximum Gasteiger partial charge on any atom is 0.420 e. The molecule has 4 aromatic rings. The van der Waals surface area contributed by atoms with Crippen molar-refractivity contribution in [2.75, 3.05) is 13.2 Å². The molecule has 1 saturated heterocycles. The van der Waals surface area contributed by atoms with Gasteiger partial charge in [0, 0.05) is 30.5 Å². The molecule has 5 heterocycles. The second kappa shape index (κ2) is 8.61. The van der Waals surface area contributed by atoms with Gasteiger partial charge in [-0.05, 0) is 68.1 Å². The number of hydrogen-bond acceptors (Lipinski definition) is 8. The molecule has 0 atom stereocenters. The lowest BCUT2D eigenvalue weighted by Crippen LogP contribution is -2.34. The molecule has 11 heteroatoms. The Morgan fingerprint density at radius 1 is 1.25 bits per heavy atom. The van der Waals surface area contributed by atoms with Gasteiger partial charge in [0.1, 0.15) is 22.3 Å². The highest BCUT2D eigenvalue weighted by atomic mass is 79.9. The lowest BCUT2D eigenvalue weighted by molar-refractivity contribution is -0.178. The number of pyridine rings is 1. The molecule has 4 aromatic heterocycles. The van der Waals surface area contributed by atoms with Crippen LogP contribution in [-0.2, 0) is 14.2 Å². The van der Waals surface area contributed by atoms with Crippen molar-refractivity contribution in [3.05, 3.63) is 33.6 Å². The molecule has 1 saturated carbocycles. The first-order valence-corrected chi connectivity index (χ1v) is 13.8. The largest absolute Gasteiger partial charge is 0.443 e. The van der Waals surface area contributed by atoms with Crippen molar-refractivity contribution in [2.24, 2.45) is 0 Å². The molecule has 0 radical (unpaired) electrons. The topological polar surface area (TPSA) is 92.8 Å². The van der Waals surface area contributed by atoms with E-state index in [0.29, 0.717) is 24.8 Å². The van der Waals surface area contributed by atoms with Crippen LogP contribution in [0.5, 0.6) is 0 Å². The molecule has 2 aliphatic rings. The standard InChI is InChI=1S/C25H28BrN5O4S/c1-14-11-17-27-13-28-30(17)12-16(14)20-18(26)19-22(31(20)23(32)35-24(2,3)4)36-21(29-19)15-5-7-25(8-6-15)33-9-10-34-25/h11-13,15H,5-10H2,1-4H3. The fourth-order valence-electron chi connectivity index (χ4n) is 5.13. The van der Waals surface area contributed by atoms with Crippen molar-refractivity contribution >= 4 is 49.4 Å². The summed E-state index contributed by atoms with van der Waals surface area (Å²) < 4.78 is 21.8. The minimum absolute atomic E-state index is 0.302. The molecule has 9 nitrogen and oxygen atoms in total. The third-order valence-electron chi connectivity index (χ3n) is 6.83. The van der Waals surface area contributed by atoms with Gasteiger partial charge in [0.25, 0.3) is 0 Å². The zero-order valence-corrected chi connectivity index (χ0v) is 23.1. The summed E-state index contributed by atoms with van der Waals surface area (Å²) in [4.78, 5) is 23.7. The highest BCUT2D eigenvalue weighted by Gasteiger charge is 2.41. The van der Waals surface area contributed by atoms with Crippen LogP contribution in [0.25, 0.3) is 27.3 Å². The number of hydrogen-bond donors (Lipinski definition) is 0. The van der Waals surface area contributed by atoms with Crippen molar-refractivity contribution in [1.29, 1.82) is 0 Å². The van der Waals surface area contributed by atoms with Crippen LogP contribution in [0, 0.1) is 6.92 Å². The first kappa shape index (κ1) is 24.0. The number of thiazole rings is 1. The van der Waals surface area contributed by atoms with Gasteiger partial charge in [-0.15, -0.1) is 0 Å². The van der Waals surface area contributed by atoms with E-state index in [1.807, 2.05) is 40.0 Å². The van der Waals surface area contributed by atoms with E-state index in [0.717, 1.165) is 62.3 Å². The Labute approximate surface area is 220 Å². The van der Waals surface area contributed by atoms with Gasteiger partial charge in [-0.1, -0.05) is 11.3 Å². The maximum absolute atomic E-state index is 13.6. The first-order chi connectivity index (χ1) is 17.1. The Hall–Kier alpha value is -2.34. The van der Waals surface area contributed by atoms with E-state index in [4.69, 9.17) is 19.2 Å². The highest BCUT2D eigenvalue weighted by molar-refractivity contribution is 9.10. The van der Waals surface area contributed by atoms with E-state index in [1.54, 1.807) is 20.4 Å². The number of rotatable bonds is 2. The van der Waals surface area contributed by atoms with Crippen molar-refractivity contribution < 1.29 is 19.0 Å². The van der Waals surface area contributed by atoms with E-state index in [-0.39, 0.29) is 0 Å². The minimum Gasteiger partial charge on any atom is -0.443 e. The molecular formula is C25H28BrN5O4S. The molecule has 0 aromatic carbocycles. The van der Waals surface area contributed by atoms with Crippen LogP contribution in [0.4, 0.5) is 4.79 Å². The van der Waals surface area contributed by atoms with Gasteiger partial charge < -0.3 is 14.2 Å². The lowest BCUT2D eigenvalue weighted by Gasteiger charge is -2.34. The van der Waals surface area contributed by atoms with Crippen molar-refractivity contribution in [2.45, 2.75) is 70.7 Å². The van der Waals surface area contributed by atoms with E-state index < -0.39 is 17.5 Å². The Bertz CT molecular complexity index is 1470. The van der Waals surface area contributed by atoms with E-state index in [2.05, 4.69) is 26.0 Å². The summed E-state index contributed by atoms with van der Waals surface area (Å²) in [6, 6.07) is 1.96. The van der Waals surface area contributed by atoms with Gasteiger partial charge in [-0.2, -0.15) is 5.10 Å². The van der Waals surface area contributed by atoms with Crippen LogP contribution in [-0.4, -0.2) is 54.8 Å². The third kappa shape index (κ3) is 4.06. The summed E-state index contributed by atoms with van der Waals surface area (Å²) in [5, 5.41) is 5.32. The fraction of sp³-hybridized carbons (Fsp3) is 0.520. The number of carbonyl (C=O) groups is 1. The van der Waals surface area contributed by atoms with Crippen LogP contribution in [0.3, 0.4) is 0 Å². The summed E-state index contributed by atoms with van der Waals surface area (Å²) in [6.07, 6.45) is 6.57. The number of carbonyl (C=O) groups excluding carboxylic acids is 1. The Balaban J connectivity index is 1.45. The number of halogens is 1. The van der Waals surface area contributed by atoms with Crippen LogP contribution < -0.4 is 0 Å². The Morgan fingerprint density at radius 3 is 2.67 bits per heavy atom. The average Bonchev–Trinajstić information content (AvgIpc) is 3.58. The monoisotopic (exact) mass is 573 g/mol. The quantitative estimate of drug-likeness (QED) is 0.287. The van der Waals surface area contributed by atoms with Gasteiger partial charge in [0.05, 0.1) is 28.4 Å². The predicted molar refractivity (Wildman–Crippen MR) is 140 cm³/mol. The summed E-state index contributed by atoms with van der Waals surface area (Å²) in [7, 11) is 0. The van der Waals surface area contributed by atoms with Crippen LogP contribution in [0.15, 0.2) is 23.1 Å². The zero-order chi connectivity index (χ0) is 25.2. The van der Waals surface area contributed by atoms with Crippen molar-refractivity contribution in [3.8, 4) is 11.3 Å². The number of aromatic nitrogens is 5. The molecule has 36 heavy (non-hydrogen) atoms. The van der Waals surface area contributed by atoms with Gasteiger partial charge in [0.2, 0.25) is 0 Å². The van der Waals surface area contributed by atoms with Crippen molar-refractivity contribution in [1.82, 2.24) is 24.1 Å². The smallest absolute Gasteiger partial charge is 0.420 e. The summed E-state index contributed by atoms with van der Waals surface area (Å²) >= 11 is 5.35. The van der Waals surface area contributed by atoms with Gasteiger partial charge >= 0.3 is 6.09 Å². The predicted octanol–water partition coefficient (Wildman–Crippen LogP) is 6.06. The second-order valence-electron chi connectivity index (χ2n) is 10.5. The molecule has 1 spiro atoms. The van der Waals surface area contributed by atoms with Gasteiger partial charge in [0.15, 0.2) is 11.4 Å². The molecule has 0 unspecified atom stereocenters. The number of nitrogens with zero attached hydrogens (tertiary/aromatic N) is 5. The Kier molecular flexibility index (Phi) is 5.75. The van der Waals surface area contributed by atoms with E-state index >= 15 is 0 Å². The van der Waals surface area contributed by atoms with Crippen LogP contribution in [0.2, 0.25) is 0 Å². The zero-order valence-electron chi connectivity index (χ0n) is 20.7. The summed E-state index contributed by atoms with van der Waals surface area (Å²) in [5.41, 5.74) is 3.40. The Morgan fingerprint density at radius 2 is 1.97 bits per heavy atom. The molecule has 0 amide bonds. The normalized spacial score (nSPS) is 18.6. The fourth-order valence-corrected chi connectivity index (χ4v) is 7.16. The first-order valence-electron chi connectivity index (χ1n) is 12.2. The highest BCUT2D eigenvalue weighted by Crippen LogP contribution is 2.47. The minimum atomic E-state index is -0.644. The third-order valence-corrected chi connectivity index (χ3v) is 8.79. The van der Waals surface area contributed by atoms with E-state index in [9.17, 15) is 4.79 Å². The van der Waals surface area contributed by atoms with Gasteiger partial charge in [-0.25, -0.2) is 23.8 Å². The number of aryl methyl sites for hydroxylation is 1. The number of fused-ring (bicyclic) bond motifs is 2. The molecule has 0 N–H and O–H groups in total.